The third-order valence-corrected chi connectivity index (χ3v) is 5.03. The maximum Gasteiger partial charge on any atom is 0.153 e. The van der Waals surface area contributed by atoms with Gasteiger partial charge in [-0.25, -0.2) is 0 Å². The van der Waals surface area contributed by atoms with Crippen LogP contribution in [0.4, 0.5) is 5.69 Å². The van der Waals surface area contributed by atoms with Crippen molar-refractivity contribution in [3.05, 3.63) is 28.8 Å². The highest BCUT2D eigenvalue weighted by Gasteiger charge is 2.34. The van der Waals surface area contributed by atoms with Gasteiger partial charge in [0.15, 0.2) is 6.29 Å². The van der Waals surface area contributed by atoms with Crippen LogP contribution in [0, 0.1) is 5.92 Å². The Balaban J connectivity index is 1.96. The predicted molar refractivity (Wildman–Crippen MR) is 79.2 cm³/mol. The number of fused-ring (bicyclic) bond motifs is 1. The molecule has 0 amide bonds. The SMILES string of the molecule is O=Cc1c(Cl)cccc1N1CCC[C@H]2CCCC[C@H]21. The molecular weight excluding hydrogens is 258 g/mol. The molecule has 1 heterocycles. The minimum absolute atomic E-state index is 0.574. The Kier molecular flexibility index (Phi) is 3.79. The number of hydrogen-bond donors (Lipinski definition) is 0. The van der Waals surface area contributed by atoms with E-state index in [2.05, 4.69) is 4.90 Å². The third-order valence-electron chi connectivity index (χ3n) is 4.70. The van der Waals surface area contributed by atoms with E-state index in [1.54, 1.807) is 6.07 Å². The number of carbonyl (C=O) groups is 1. The molecule has 3 heteroatoms. The minimum Gasteiger partial charge on any atom is -0.368 e. The first-order valence-corrected chi connectivity index (χ1v) is 7.69. The molecule has 0 unspecified atom stereocenters. The van der Waals surface area contributed by atoms with E-state index in [0.717, 1.165) is 24.4 Å². The van der Waals surface area contributed by atoms with Gasteiger partial charge in [-0.1, -0.05) is 30.5 Å². The average molecular weight is 278 g/mol. The predicted octanol–water partition coefficient (Wildman–Crippen LogP) is 4.31. The molecule has 0 aromatic heterocycles. The molecule has 0 N–H and O–H groups in total. The number of aldehydes is 1. The molecule has 1 aromatic rings. The summed E-state index contributed by atoms with van der Waals surface area (Å²) in [6.07, 6.45) is 8.77. The van der Waals surface area contributed by atoms with Crippen molar-refractivity contribution >= 4 is 23.6 Å². The Morgan fingerprint density at radius 1 is 1.16 bits per heavy atom. The molecule has 1 saturated carbocycles. The number of nitrogens with zero attached hydrogens (tertiary/aromatic N) is 1. The summed E-state index contributed by atoms with van der Waals surface area (Å²) in [5.41, 5.74) is 1.70. The van der Waals surface area contributed by atoms with Gasteiger partial charge >= 0.3 is 0 Å². The Bertz CT molecular complexity index is 472. The van der Waals surface area contributed by atoms with Crippen molar-refractivity contribution in [3.8, 4) is 0 Å². The Morgan fingerprint density at radius 2 is 1.95 bits per heavy atom. The second-order valence-electron chi connectivity index (χ2n) is 5.74. The normalized spacial score (nSPS) is 26.9. The molecule has 0 spiro atoms. The lowest BCUT2D eigenvalue weighted by atomic mass is 9.78. The zero-order chi connectivity index (χ0) is 13.2. The number of hydrogen-bond acceptors (Lipinski definition) is 2. The van der Waals surface area contributed by atoms with Gasteiger partial charge in [0.2, 0.25) is 0 Å². The monoisotopic (exact) mass is 277 g/mol. The van der Waals surface area contributed by atoms with Gasteiger partial charge in [-0.3, -0.25) is 4.79 Å². The smallest absolute Gasteiger partial charge is 0.153 e. The van der Waals surface area contributed by atoms with Gasteiger partial charge in [0.05, 0.1) is 10.6 Å². The Hall–Kier alpha value is -1.02. The quantitative estimate of drug-likeness (QED) is 0.751. The molecule has 1 saturated heterocycles. The fourth-order valence-electron chi connectivity index (χ4n) is 3.82. The van der Waals surface area contributed by atoms with Crippen LogP contribution in [0.25, 0.3) is 0 Å². The van der Waals surface area contributed by atoms with Crippen LogP contribution in [-0.2, 0) is 0 Å². The van der Waals surface area contributed by atoms with Crippen LogP contribution >= 0.6 is 11.6 Å². The third kappa shape index (κ3) is 2.38. The molecule has 19 heavy (non-hydrogen) atoms. The van der Waals surface area contributed by atoms with Crippen LogP contribution in [0.15, 0.2) is 18.2 Å². The summed E-state index contributed by atoms with van der Waals surface area (Å²) >= 11 is 6.17. The van der Waals surface area contributed by atoms with Gasteiger partial charge < -0.3 is 4.90 Å². The van der Waals surface area contributed by atoms with E-state index in [-0.39, 0.29) is 0 Å². The molecule has 102 valence electrons. The molecule has 3 rings (SSSR count). The molecule has 2 nitrogen and oxygen atoms in total. The van der Waals surface area contributed by atoms with Crippen molar-refractivity contribution < 1.29 is 4.79 Å². The van der Waals surface area contributed by atoms with Gasteiger partial charge in [0.25, 0.3) is 0 Å². The van der Waals surface area contributed by atoms with Crippen LogP contribution in [0.2, 0.25) is 5.02 Å². The zero-order valence-corrected chi connectivity index (χ0v) is 11.9. The molecule has 1 aliphatic carbocycles. The summed E-state index contributed by atoms with van der Waals surface area (Å²) in [7, 11) is 0. The molecule has 0 radical (unpaired) electrons. The average Bonchev–Trinajstić information content (AvgIpc) is 2.46. The topological polar surface area (TPSA) is 20.3 Å². The Morgan fingerprint density at radius 3 is 2.79 bits per heavy atom. The van der Waals surface area contributed by atoms with Crippen molar-refractivity contribution in [2.45, 2.75) is 44.6 Å². The van der Waals surface area contributed by atoms with Gasteiger partial charge in [0.1, 0.15) is 0 Å². The first kappa shape index (κ1) is 13.0. The molecule has 0 bridgehead atoms. The maximum absolute atomic E-state index is 11.3. The zero-order valence-electron chi connectivity index (χ0n) is 11.1. The minimum atomic E-state index is 0.574. The first-order chi connectivity index (χ1) is 9.31. The van der Waals surface area contributed by atoms with Gasteiger partial charge in [0, 0.05) is 18.3 Å². The largest absolute Gasteiger partial charge is 0.368 e. The highest BCUT2D eigenvalue weighted by atomic mass is 35.5. The van der Waals surface area contributed by atoms with Crippen molar-refractivity contribution in [1.82, 2.24) is 0 Å². The van der Waals surface area contributed by atoms with E-state index < -0.39 is 0 Å². The second-order valence-corrected chi connectivity index (χ2v) is 6.15. The van der Waals surface area contributed by atoms with Crippen molar-refractivity contribution in [1.29, 1.82) is 0 Å². The highest BCUT2D eigenvalue weighted by molar-refractivity contribution is 6.33. The van der Waals surface area contributed by atoms with E-state index in [9.17, 15) is 4.79 Å². The van der Waals surface area contributed by atoms with Gasteiger partial charge in [-0.15, -0.1) is 0 Å². The van der Waals surface area contributed by atoms with Gasteiger partial charge in [-0.05, 0) is 43.7 Å². The molecule has 1 aromatic carbocycles. The number of carbonyl (C=O) groups excluding carboxylic acids is 1. The molecule has 2 atom stereocenters. The van der Waals surface area contributed by atoms with Crippen LogP contribution < -0.4 is 4.90 Å². The summed E-state index contributed by atoms with van der Waals surface area (Å²) in [5, 5.41) is 0.574. The number of piperidine rings is 1. The first-order valence-electron chi connectivity index (χ1n) is 7.31. The summed E-state index contributed by atoms with van der Waals surface area (Å²) in [4.78, 5) is 13.8. The summed E-state index contributed by atoms with van der Waals surface area (Å²) in [6, 6.07) is 6.42. The lowest BCUT2D eigenvalue weighted by Crippen LogP contribution is -2.47. The molecule has 2 fully saturated rings. The number of anilines is 1. The van der Waals surface area contributed by atoms with E-state index in [1.807, 2.05) is 12.1 Å². The van der Waals surface area contributed by atoms with E-state index >= 15 is 0 Å². The van der Waals surface area contributed by atoms with Crippen LogP contribution in [0.5, 0.6) is 0 Å². The number of benzene rings is 1. The molecular formula is C16H20ClNO. The lowest BCUT2D eigenvalue weighted by molar-refractivity contribution is 0.112. The summed E-state index contributed by atoms with van der Waals surface area (Å²) in [5.74, 6) is 0.806. The van der Waals surface area contributed by atoms with Crippen LogP contribution in [-0.4, -0.2) is 18.9 Å². The standard InChI is InChI=1S/C16H20ClNO/c17-14-7-3-9-16(13(14)11-19)18-10-4-6-12-5-1-2-8-15(12)18/h3,7,9,11-12,15H,1-2,4-6,8,10H2/t12-,15-/m1/s1. The van der Waals surface area contributed by atoms with Crippen molar-refractivity contribution in [2.75, 3.05) is 11.4 Å². The van der Waals surface area contributed by atoms with Crippen molar-refractivity contribution in [3.63, 3.8) is 0 Å². The number of rotatable bonds is 2. The van der Waals surface area contributed by atoms with E-state index in [4.69, 9.17) is 11.6 Å². The highest BCUT2D eigenvalue weighted by Crippen LogP contribution is 2.39. The maximum atomic E-state index is 11.3. The van der Waals surface area contributed by atoms with E-state index in [0.29, 0.717) is 16.6 Å². The fourth-order valence-corrected chi connectivity index (χ4v) is 4.03. The summed E-state index contributed by atoms with van der Waals surface area (Å²) < 4.78 is 0. The van der Waals surface area contributed by atoms with Crippen LogP contribution in [0.1, 0.15) is 48.9 Å². The Labute approximate surface area is 119 Å². The second kappa shape index (κ2) is 5.54. The van der Waals surface area contributed by atoms with Crippen LogP contribution in [0.3, 0.4) is 0 Å². The van der Waals surface area contributed by atoms with E-state index in [1.165, 1.54) is 38.5 Å². The summed E-state index contributed by atoms with van der Waals surface area (Å²) in [6.45, 7) is 1.06. The molecule has 2 aliphatic rings. The molecule has 1 aliphatic heterocycles. The fraction of sp³-hybridized carbons (Fsp3) is 0.562. The lowest BCUT2D eigenvalue weighted by Gasteiger charge is -2.46. The number of halogens is 1. The van der Waals surface area contributed by atoms with Gasteiger partial charge in [-0.2, -0.15) is 0 Å². The van der Waals surface area contributed by atoms with Crippen molar-refractivity contribution in [2.24, 2.45) is 5.92 Å².